The van der Waals surface area contributed by atoms with Crippen molar-refractivity contribution in [3.05, 3.63) is 33.3 Å². The Morgan fingerprint density at radius 2 is 2.27 bits per heavy atom. The molecule has 1 aromatic carbocycles. The molecule has 0 atom stereocenters. The SMILES string of the molecule is CCCOCC(=O)c1cccc(Br)c1Cl. The molecule has 0 aliphatic carbocycles. The molecule has 0 radical (unpaired) electrons. The maximum Gasteiger partial charge on any atom is 0.189 e. The third kappa shape index (κ3) is 3.59. The molecule has 82 valence electrons. The van der Waals surface area contributed by atoms with Gasteiger partial charge in [-0.25, -0.2) is 0 Å². The largest absolute Gasteiger partial charge is 0.373 e. The Kier molecular flexibility index (Phi) is 5.29. The van der Waals surface area contributed by atoms with Gasteiger partial charge in [0.1, 0.15) is 6.61 Å². The Labute approximate surface area is 103 Å². The van der Waals surface area contributed by atoms with Crippen LogP contribution in [0.4, 0.5) is 0 Å². The van der Waals surface area contributed by atoms with Crippen LogP contribution in [0.5, 0.6) is 0 Å². The van der Waals surface area contributed by atoms with Gasteiger partial charge in [0.25, 0.3) is 0 Å². The topological polar surface area (TPSA) is 26.3 Å². The zero-order valence-electron chi connectivity index (χ0n) is 8.43. The van der Waals surface area contributed by atoms with E-state index >= 15 is 0 Å². The first-order valence-corrected chi connectivity index (χ1v) is 5.89. The van der Waals surface area contributed by atoms with Gasteiger partial charge in [-0.15, -0.1) is 0 Å². The van der Waals surface area contributed by atoms with Crippen molar-refractivity contribution in [2.75, 3.05) is 13.2 Å². The molecule has 1 rings (SSSR count). The molecule has 0 aliphatic rings. The van der Waals surface area contributed by atoms with Crippen LogP contribution in [0.2, 0.25) is 5.02 Å². The highest BCUT2D eigenvalue weighted by Gasteiger charge is 2.11. The van der Waals surface area contributed by atoms with Gasteiger partial charge in [0.05, 0.1) is 5.02 Å². The first kappa shape index (κ1) is 12.7. The van der Waals surface area contributed by atoms with E-state index in [0.29, 0.717) is 17.2 Å². The van der Waals surface area contributed by atoms with Gasteiger partial charge in [-0.05, 0) is 34.5 Å². The fourth-order valence-corrected chi connectivity index (χ4v) is 1.70. The number of Topliss-reactive ketones (excluding diaryl/α,β-unsaturated/α-hetero) is 1. The fraction of sp³-hybridized carbons (Fsp3) is 0.364. The van der Waals surface area contributed by atoms with E-state index in [1.165, 1.54) is 0 Å². The van der Waals surface area contributed by atoms with E-state index in [4.69, 9.17) is 16.3 Å². The fourth-order valence-electron chi connectivity index (χ4n) is 1.11. The molecule has 0 aliphatic heterocycles. The Morgan fingerprint density at radius 3 is 2.93 bits per heavy atom. The van der Waals surface area contributed by atoms with Gasteiger partial charge >= 0.3 is 0 Å². The molecule has 2 nitrogen and oxygen atoms in total. The third-order valence-electron chi connectivity index (χ3n) is 1.83. The maximum absolute atomic E-state index is 11.7. The summed E-state index contributed by atoms with van der Waals surface area (Å²) in [6.45, 7) is 2.68. The van der Waals surface area contributed by atoms with Gasteiger partial charge < -0.3 is 4.74 Å². The van der Waals surface area contributed by atoms with E-state index in [2.05, 4.69) is 15.9 Å². The summed E-state index contributed by atoms with van der Waals surface area (Å²) in [6, 6.07) is 5.28. The van der Waals surface area contributed by atoms with Crippen LogP contribution < -0.4 is 0 Å². The summed E-state index contributed by atoms with van der Waals surface area (Å²) < 4.78 is 5.90. The van der Waals surface area contributed by atoms with Gasteiger partial charge in [0.2, 0.25) is 0 Å². The van der Waals surface area contributed by atoms with E-state index in [9.17, 15) is 4.79 Å². The van der Waals surface area contributed by atoms with Crippen molar-refractivity contribution in [3.8, 4) is 0 Å². The summed E-state index contributed by atoms with van der Waals surface area (Å²) in [5.41, 5.74) is 0.502. The Morgan fingerprint density at radius 1 is 1.53 bits per heavy atom. The number of ether oxygens (including phenoxy) is 1. The van der Waals surface area contributed by atoms with Crippen LogP contribution in [-0.2, 0) is 4.74 Å². The molecule has 0 saturated heterocycles. The molecule has 0 amide bonds. The smallest absolute Gasteiger partial charge is 0.189 e. The lowest BCUT2D eigenvalue weighted by molar-refractivity contribution is 0.0761. The Hall–Kier alpha value is -0.380. The van der Waals surface area contributed by atoms with Crippen LogP contribution >= 0.6 is 27.5 Å². The molecule has 0 fully saturated rings. The zero-order chi connectivity index (χ0) is 11.3. The molecular formula is C11H12BrClO2. The van der Waals surface area contributed by atoms with Crippen LogP contribution in [0.15, 0.2) is 22.7 Å². The lowest BCUT2D eigenvalue weighted by atomic mass is 10.1. The number of carbonyl (C=O) groups is 1. The van der Waals surface area contributed by atoms with E-state index in [-0.39, 0.29) is 12.4 Å². The van der Waals surface area contributed by atoms with E-state index in [1.54, 1.807) is 18.2 Å². The van der Waals surface area contributed by atoms with E-state index < -0.39 is 0 Å². The maximum atomic E-state index is 11.7. The highest BCUT2D eigenvalue weighted by atomic mass is 79.9. The molecule has 4 heteroatoms. The molecule has 0 N–H and O–H groups in total. The van der Waals surface area contributed by atoms with Crippen molar-refractivity contribution in [3.63, 3.8) is 0 Å². The summed E-state index contributed by atoms with van der Waals surface area (Å²) in [6.07, 6.45) is 0.902. The van der Waals surface area contributed by atoms with Crippen molar-refractivity contribution < 1.29 is 9.53 Å². The van der Waals surface area contributed by atoms with Crippen molar-refractivity contribution in [2.24, 2.45) is 0 Å². The third-order valence-corrected chi connectivity index (χ3v) is 3.13. The number of hydrogen-bond acceptors (Lipinski definition) is 2. The minimum Gasteiger partial charge on any atom is -0.373 e. The van der Waals surface area contributed by atoms with E-state index in [1.807, 2.05) is 6.92 Å². The lowest BCUT2D eigenvalue weighted by Gasteiger charge is -2.05. The minimum absolute atomic E-state index is 0.0873. The van der Waals surface area contributed by atoms with Crippen molar-refractivity contribution >= 4 is 33.3 Å². The summed E-state index contributed by atoms with van der Waals surface area (Å²) in [4.78, 5) is 11.7. The van der Waals surface area contributed by atoms with Crippen LogP contribution in [0.1, 0.15) is 23.7 Å². The quantitative estimate of drug-likeness (QED) is 0.610. The number of hydrogen-bond donors (Lipinski definition) is 0. The summed E-state index contributed by atoms with van der Waals surface area (Å²) in [7, 11) is 0. The first-order valence-electron chi connectivity index (χ1n) is 4.71. The van der Waals surface area contributed by atoms with E-state index in [0.717, 1.165) is 10.9 Å². The molecule has 0 saturated carbocycles. The molecular weight excluding hydrogens is 279 g/mol. The minimum atomic E-state index is -0.0882. The number of halogens is 2. The lowest BCUT2D eigenvalue weighted by Crippen LogP contribution is -2.10. The Balaban J connectivity index is 2.69. The van der Waals surface area contributed by atoms with Crippen molar-refractivity contribution in [1.29, 1.82) is 0 Å². The molecule has 0 aromatic heterocycles. The van der Waals surface area contributed by atoms with Crippen molar-refractivity contribution in [1.82, 2.24) is 0 Å². The second-order valence-corrected chi connectivity index (χ2v) is 4.31. The van der Waals surface area contributed by atoms with Crippen molar-refractivity contribution in [2.45, 2.75) is 13.3 Å². The standard InChI is InChI=1S/C11H12BrClO2/c1-2-6-15-7-10(14)8-4-3-5-9(12)11(8)13/h3-5H,2,6-7H2,1H3. The van der Waals surface area contributed by atoms with Gasteiger partial charge in [0, 0.05) is 16.6 Å². The molecule has 15 heavy (non-hydrogen) atoms. The number of carbonyl (C=O) groups excluding carboxylic acids is 1. The number of rotatable bonds is 5. The van der Waals surface area contributed by atoms with Crippen LogP contribution in [0.25, 0.3) is 0 Å². The molecule has 0 unspecified atom stereocenters. The normalized spacial score (nSPS) is 10.3. The summed E-state index contributed by atoms with van der Waals surface area (Å²) in [5, 5.41) is 0.447. The average Bonchev–Trinajstić information content (AvgIpc) is 2.22. The Bertz CT molecular complexity index is 352. The average molecular weight is 292 g/mol. The van der Waals surface area contributed by atoms with Gasteiger partial charge in [-0.2, -0.15) is 0 Å². The molecule has 0 bridgehead atoms. The predicted octanol–water partition coefficient (Wildman–Crippen LogP) is 3.71. The highest BCUT2D eigenvalue weighted by Crippen LogP contribution is 2.26. The van der Waals surface area contributed by atoms with Gasteiger partial charge in [0.15, 0.2) is 5.78 Å². The van der Waals surface area contributed by atoms with Crippen LogP contribution in [-0.4, -0.2) is 19.0 Å². The summed E-state index contributed by atoms with van der Waals surface area (Å²) >= 11 is 9.25. The second kappa shape index (κ2) is 6.26. The first-order chi connectivity index (χ1) is 7.16. The molecule has 1 aromatic rings. The van der Waals surface area contributed by atoms with Crippen LogP contribution in [0.3, 0.4) is 0 Å². The number of benzene rings is 1. The monoisotopic (exact) mass is 290 g/mol. The number of ketones is 1. The van der Waals surface area contributed by atoms with Crippen LogP contribution in [0, 0.1) is 0 Å². The molecule has 0 spiro atoms. The zero-order valence-corrected chi connectivity index (χ0v) is 10.8. The summed E-state index contributed by atoms with van der Waals surface area (Å²) in [5.74, 6) is -0.0882. The van der Waals surface area contributed by atoms with Gasteiger partial charge in [-0.3, -0.25) is 4.79 Å². The molecule has 0 heterocycles. The second-order valence-electron chi connectivity index (χ2n) is 3.08. The van der Waals surface area contributed by atoms with Gasteiger partial charge in [-0.1, -0.05) is 24.6 Å². The predicted molar refractivity (Wildman–Crippen MR) is 64.6 cm³/mol. The highest BCUT2D eigenvalue weighted by molar-refractivity contribution is 9.10.